The summed E-state index contributed by atoms with van der Waals surface area (Å²) in [6, 6.07) is 3.75. The van der Waals surface area contributed by atoms with Crippen LogP contribution in [0.25, 0.3) is 10.6 Å². The zero-order valence-corrected chi connectivity index (χ0v) is 14.4. The fourth-order valence-corrected chi connectivity index (χ4v) is 3.10. The number of ether oxygens (including phenoxy) is 1. The highest BCUT2D eigenvalue weighted by Gasteiger charge is 2.28. The van der Waals surface area contributed by atoms with Gasteiger partial charge >= 0.3 is 5.97 Å². The van der Waals surface area contributed by atoms with Crippen LogP contribution >= 0.6 is 11.3 Å². The first-order valence-electron chi connectivity index (χ1n) is 7.27. The molecule has 0 radical (unpaired) electrons. The standard InChI is InChI=1S/C16H19N3O3S/c1-5-22-16(21)10(2)14(20)19(4)15-11(3)18-13(23-15)12-7-6-8-17-9-12/h6-10H,5H2,1-4H3. The summed E-state index contributed by atoms with van der Waals surface area (Å²) in [6.07, 6.45) is 3.42. The van der Waals surface area contributed by atoms with Gasteiger partial charge in [0.15, 0.2) is 0 Å². The first kappa shape index (κ1) is 17.1. The molecule has 0 aliphatic rings. The lowest BCUT2D eigenvalue weighted by atomic mass is 10.1. The molecule has 0 saturated carbocycles. The number of carbonyl (C=O) groups is 2. The Labute approximate surface area is 139 Å². The summed E-state index contributed by atoms with van der Waals surface area (Å²) in [5.41, 5.74) is 1.63. The van der Waals surface area contributed by atoms with Gasteiger partial charge in [-0.05, 0) is 32.9 Å². The number of hydrogen-bond acceptors (Lipinski definition) is 6. The SMILES string of the molecule is CCOC(=O)C(C)C(=O)N(C)c1sc(-c2cccnc2)nc1C. The van der Waals surface area contributed by atoms with Crippen LogP contribution in [0.4, 0.5) is 5.00 Å². The third-order valence-corrected chi connectivity index (χ3v) is 4.61. The van der Waals surface area contributed by atoms with Crippen molar-refractivity contribution in [1.29, 1.82) is 0 Å². The molecule has 0 N–H and O–H groups in total. The molecule has 0 fully saturated rings. The fourth-order valence-electron chi connectivity index (χ4n) is 2.07. The van der Waals surface area contributed by atoms with E-state index >= 15 is 0 Å². The Balaban J connectivity index is 2.23. The van der Waals surface area contributed by atoms with Crippen LogP contribution < -0.4 is 4.90 Å². The van der Waals surface area contributed by atoms with Crippen molar-refractivity contribution in [3.63, 3.8) is 0 Å². The first-order chi connectivity index (χ1) is 11.0. The molecule has 1 amide bonds. The lowest BCUT2D eigenvalue weighted by Crippen LogP contribution is -2.36. The number of esters is 1. The van der Waals surface area contributed by atoms with Gasteiger partial charge in [0.2, 0.25) is 5.91 Å². The largest absolute Gasteiger partial charge is 0.465 e. The molecule has 0 spiro atoms. The second-order valence-corrected chi connectivity index (χ2v) is 6.00. The minimum atomic E-state index is -0.844. The maximum atomic E-state index is 12.4. The van der Waals surface area contributed by atoms with Crippen molar-refractivity contribution < 1.29 is 14.3 Å². The first-order valence-corrected chi connectivity index (χ1v) is 8.09. The third-order valence-electron chi connectivity index (χ3n) is 3.33. The van der Waals surface area contributed by atoms with Gasteiger partial charge in [-0.2, -0.15) is 0 Å². The minimum absolute atomic E-state index is 0.255. The molecule has 7 heteroatoms. The highest BCUT2D eigenvalue weighted by Crippen LogP contribution is 2.34. The zero-order valence-electron chi connectivity index (χ0n) is 13.6. The van der Waals surface area contributed by atoms with E-state index in [1.807, 2.05) is 19.1 Å². The number of anilines is 1. The van der Waals surface area contributed by atoms with Gasteiger partial charge in [0.05, 0.1) is 12.3 Å². The van der Waals surface area contributed by atoms with E-state index < -0.39 is 11.9 Å². The Hall–Kier alpha value is -2.28. The number of hydrogen-bond donors (Lipinski definition) is 0. The van der Waals surface area contributed by atoms with Crippen LogP contribution in [0.2, 0.25) is 0 Å². The van der Waals surface area contributed by atoms with E-state index in [1.165, 1.54) is 16.2 Å². The normalized spacial score (nSPS) is 11.8. The molecule has 1 atom stereocenters. The molecule has 1 unspecified atom stereocenters. The molecule has 0 aliphatic heterocycles. The second-order valence-electron chi connectivity index (χ2n) is 5.02. The van der Waals surface area contributed by atoms with Gasteiger partial charge in [0.25, 0.3) is 0 Å². The molecular formula is C16H19N3O3S. The van der Waals surface area contributed by atoms with Crippen LogP contribution in [-0.2, 0) is 14.3 Å². The molecule has 2 aromatic heterocycles. The predicted octanol–water partition coefficient (Wildman–Crippen LogP) is 2.68. The average molecular weight is 333 g/mol. The number of rotatable bonds is 5. The fraction of sp³-hybridized carbons (Fsp3) is 0.375. The maximum absolute atomic E-state index is 12.4. The van der Waals surface area contributed by atoms with Crippen molar-refractivity contribution in [2.75, 3.05) is 18.6 Å². The summed E-state index contributed by atoms with van der Waals surface area (Å²) in [4.78, 5) is 34.2. The summed E-state index contributed by atoms with van der Waals surface area (Å²) < 4.78 is 4.91. The Morgan fingerprint density at radius 1 is 1.43 bits per heavy atom. The highest BCUT2D eigenvalue weighted by molar-refractivity contribution is 7.19. The van der Waals surface area contributed by atoms with E-state index in [0.29, 0.717) is 5.00 Å². The van der Waals surface area contributed by atoms with Crippen LogP contribution in [0, 0.1) is 12.8 Å². The van der Waals surface area contributed by atoms with Gasteiger partial charge in [-0.3, -0.25) is 14.6 Å². The summed E-state index contributed by atoms with van der Waals surface area (Å²) in [7, 11) is 1.64. The molecule has 23 heavy (non-hydrogen) atoms. The van der Waals surface area contributed by atoms with Gasteiger partial charge < -0.3 is 9.64 Å². The Bertz CT molecular complexity index is 700. The molecule has 0 bridgehead atoms. The summed E-state index contributed by atoms with van der Waals surface area (Å²) in [5, 5.41) is 1.50. The lowest BCUT2D eigenvalue weighted by molar-refractivity contribution is -0.150. The quantitative estimate of drug-likeness (QED) is 0.621. The molecule has 0 saturated heterocycles. The number of nitrogens with zero attached hydrogens (tertiary/aromatic N) is 3. The van der Waals surface area contributed by atoms with Crippen molar-refractivity contribution in [3.05, 3.63) is 30.2 Å². The molecule has 0 aromatic carbocycles. The topological polar surface area (TPSA) is 72.4 Å². The molecule has 6 nitrogen and oxygen atoms in total. The molecule has 2 heterocycles. The van der Waals surface area contributed by atoms with Crippen molar-refractivity contribution in [1.82, 2.24) is 9.97 Å². The van der Waals surface area contributed by atoms with E-state index in [-0.39, 0.29) is 12.5 Å². The van der Waals surface area contributed by atoms with E-state index in [4.69, 9.17) is 4.74 Å². The molecule has 0 aliphatic carbocycles. The van der Waals surface area contributed by atoms with Crippen molar-refractivity contribution >= 4 is 28.2 Å². The monoisotopic (exact) mass is 333 g/mol. The predicted molar refractivity (Wildman–Crippen MR) is 89.3 cm³/mol. The summed E-state index contributed by atoms with van der Waals surface area (Å²) in [6.45, 7) is 5.36. The number of aryl methyl sites for hydroxylation is 1. The van der Waals surface area contributed by atoms with Crippen molar-refractivity contribution in [3.8, 4) is 10.6 Å². The van der Waals surface area contributed by atoms with Crippen LogP contribution in [0.15, 0.2) is 24.5 Å². The van der Waals surface area contributed by atoms with Gasteiger partial charge in [-0.15, -0.1) is 0 Å². The number of pyridine rings is 1. The van der Waals surface area contributed by atoms with Gasteiger partial charge in [-0.1, -0.05) is 11.3 Å². The lowest BCUT2D eigenvalue weighted by Gasteiger charge is -2.19. The van der Waals surface area contributed by atoms with Crippen molar-refractivity contribution in [2.24, 2.45) is 5.92 Å². The van der Waals surface area contributed by atoms with E-state index in [0.717, 1.165) is 16.3 Å². The average Bonchev–Trinajstić information content (AvgIpc) is 2.95. The van der Waals surface area contributed by atoms with Crippen molar-refractivity contribution in [2.45, 2.75) is 20.8 Å². The van der Waals surface area contributed by atoms with E-state index in [9.17, 15) is 9.59 Å². The Kier molecular flexibility index (Phi) is 5.44. The van der Waals surface area contributed by atoms with E-state index in [2.05, 4.69) is 9.97 Å². The number of thiazole rings is 1. The number of carbonyl (C=O) groups excluding carboxylic acids is 2. The van der Waals surface area contributed by atoms with Crippen LogP contribution in [0.1, 0.15) is 19.5 Å². The minimum Gasteiger partial charge on any atom is -0.465 e. The molecular weight excluding hydrogens is 314 g/mol. The van der Waals surface area contributed by atoms with Crippen LogP contribution in [-0.4, -0.2) is 35.5 Å². The maximum Gasteiger partial charge on any atom is 0.318 e. The van der Waals surface area contributed by atoms with Crippen LogP contribution in [0.3, 0.4) is 0 Å². The van der Waals surface area contributed by atoms with Gasteiger partial charge in [0, 0.05) is 25.0 Å². The Morgan fingerprint density at radius 3 is 2.78 bits per heavy atom. The van der Waals surface area contributed by atoms with E-state index in [1.54, 1.807) is 33.3 Å². The molecule has 2 aromatic rings. The Morgan fingerprint density at radius 2 is 2.17 bits per heavy atom. The van der Waals surface area contributed by atoms with Gasteiger partial charge in [0.1, 0.15) is 15.9 Å². The zero-order chi connectivity index (χ0) is 17.0. The summed E-state index contributed by atoms with van der Waals surface area (Å²) in [5.74, 6) is -1.67. The number of aromatic nitrogens is 2. The second kappa shape index (κ2) is 7.32. The smallest absolute Gasteiger partial charge is 0.318 e. The van der Waals surface area contributed by atoms with Crippen LogP contribution in [0.5, 0.6) is 0 Å². The third kappa shape index (κ3) is 3.73. The van der Waals surface area contributed by atoms with Gasteiger partial charge in [-0.25, -0.2) is 4.98 Å². The summed E-state index contributed by atoms with van der Waals surface area (Å²) >= 11 is 1.39. The highest BCUT2D eigenvalue weighted by atomic mass is 32.1. The molecule has 122 valence electrons. The number of amides is 1. The molecule has 2 rings (SSSR count).